The van der Waals surface area contributed by atoms with Gasteiger partial charge >= 0.3 is 5.97 Å². The number of carboxylic acid groups (broad SMARTS) is 1. The quantitative estimate of drug-likeness (QED) is 0.293. The number of allylic oxidation sites excluding steroid dienone is 1. The Balaban J connectivity index is 2.30. The molecule has 0 aromatic carbocycles. The van der Waals surface area contributed by atoms with E-state index in [2.05, 4.69) is 6.92 Å². The average molecular weight is 370 g/mol. The summed E-state index contributed by atoms with van der Waals surface area (Å²) in [5, 5.41) is 38.7. The number of rotatable bonds is 13. The maximum Gasteiger partial charge on any atom is 0.303 e. The molecule has 150 valence electrons. The Hall–Kier alpha value is -1.21. The normalized spacial score (nSPS) is 25.9. The molecule has 6 heteroatoms. The average Bonchev–Trinajstić information content (AvgIpc) is 2.97. The van der Waals surface area contributed by atoms with Crippen LogP contribution in [0.15, 0.2) is 24.3 Å². The monoisotopic (exact) mass is 370 g/mol. The van der Waals surface area contributed by atoms with Gasteiger partial charge in [0.05, 0.1) is 24.4 Å². The highest BCUT2D eigenvalue weighted by atomic mass is 16.5. The van der Waals surface area contributed by atoms with Crippen LogP contribution < -0.4 is 0 Å². The Labute approximate surface area is 156 Å². The van der Waals surface area contributed by atoms with Gasteiger partial charge in [-0.05, 0) is 25.7 Å². The molecular formula is C20H34O6. The lowest BCUT2D eigenvalue weighted by atomic mass is 10.0. The second-order valence-electron chi connectivity index (χ2n) is 6.95. The molecule has 0 amide bonds. The largest absolute Gasteiger partial charge is 0.481 e. The third-order valence-corrected chi connectivity index (χ3v) is 4.55. The van der Waals surface area contributed by atoms with Crippen molar-refractivity contribution in [3.8, 4) is 0 Å². The number of carboxylic acids is 1. The molecule has 0 bridgehead atoms. The molecule has 1 aliphatic rings. The van der Waals surface area contributed by atoms with E-state index in [1.165, 1.54) is 0 Å². The molecule has 1 heterocycles. The second-order valence-corrected chi connectivity index (χ2v) is 6.95. The van der Waals surface area contributed by atoms with Gasteiger partial charge in [0.1, 0.15) is 6.10 Å². The summed E-state index contributed by atoms with van der Waals surface area (Å²) < 4.78 is 5.71. The van der Waals surface area contributed by atoms with E-state index in [0.717, 1.165) is 19.3 Å². The fourth-order valence-corrected chi connectivity index (χ4v) is 2.96. The zero-order chi connectivity index (χ0) is 19.4. The molecule has 0 saturated carbocycles. The molecule has 0 spiro atoms. The molecule has 1 saturated heterocycles. The fourth-order valence-electron chi connectivity index (χ4n) is 2.96. The number of hydrogen-bond donors (Lipinski definition) is 4. The topological polar surface area (TPSA) is 107 Å². The molecule has 26 heavy (non-hydrogen) atoms. The molecule has 6 nitrogen and oxygen atoms in total. The van der Waals surface area contributed by atoms with Crippen LogP contribution in [0.3, 0.4) is 0 Å². The third kappa shape index (κ3) is 9.48. The van der Waals surface area contributed by atoms with Crippen molar-refractivity contribution in [2.24, 2.45) is 0 Å². The molecule has 5 atom stereocenters. The molecule has 0 aliphatic carbocycles. The van der Waals surface area contributed by atoms with Crippen molar-refractivity contribution < 1.29 is 30.0 Å². The molecular weight excluding hydrogens is 336 g/mol. The Morgan fingerprint density at radius 1 is 1.23 bits per heavy atom. The molecule has 1 aliphatic heterocycles. The van der Waals surface area contributed by atoms with Gasteiger partial charge in [-0.25, -0.2) is 0 Å². The highest BCUT2D eigenvalue weighted by molar-refractivity contribution is 5.66. The summed E-state index contributed by atoms with van der Waals surface area (Å²) in [7, 11) is 0. The van der Waals surface area contributed by atoms with Gasteiger partial charge in [0.25, 0.3) is 0 Å². The smallest absolute Gasteiger partial charge is 0.303 e. The number of aliphatic carboxylic acids is 1. The SMILES string of the molecule is CCCCC[C@H](O)/C=C/[C@@H]1O[C@@H]([C@@H](O)C/C=C\CCCC(=O)O)C[C@@H]1O. The summed E-state index contributed by atoms with van der Waals surface area (Å²) in [4.78, 5) is 10.4. The van der Waals surface area contributed by atoms with Crippen LogP contribution in [0.2, 0.25) is 0 Å². The van der Waals surface area contributed by atoms with Crippen molar-refractivity contribution in [2.75, 3.05) is 0 Å². The van der Waals surface area contributed by atoms with E-state index in [0.29, 0.717) is 32.1 Å². The summed E-state index contributed by atoms with van der Waals surface area (Å²) in [6, 6.07) is 0. The summed E-state index contributed by atoms with van der Waals surface area (Å²) in [6.45, 7) is 2.11. The number of ether oxygens (including phenoxy) is 1. The first-order chi connectivity index (χ1) is 12.4. The van der Waals surface area contributed by atoms with E-state index in [9.17, 15) is 20.1 Å². The highest BCUT2D eigenvalue weighted by Gasteiger charge is 2.35. The van der Waals surface area contributed by atoms with Gasteiger partial charge in [-0.1, -0.05) is 50.5 Å². The first-order valence-electron chi connectivity index (χ1n) is 9.68. The first-order valence-corrected chi connectivity index (χ1v) is 9.68. The van der Waals surface area contributed by atoms with Gasteiger partial charge in [0, 0.05) is 12.8 Å². The highest BCUT2D eigenvalue weighted by Crippen LogP contribution is 2.25. The molecule has 1 rings (SSSR count). The fraction of sp³-hybridized carbons (Fsp3) is 0.750. The summed E-state index contributed by atoms with van der Waals surface area (Å²) in [6.07, 6.45) is 10.2. The summed E-state index contributed by atoms with van der Waals surface area (Å²) >= 11 is 0. The van der Waals surface area contributed by atoms with Gasteiger partial charge in [0.15, 0.2) is 0 Å². The lowest BCUT2D eigenvalue weighted by Gasteiger charge is -2.16. The van der Waals surface area contributed by atoms with E-state index in [1.807, 2.05) is 12.2 Å². The molecule has 0 aromatic heterocycles. The number of aliphatic hydroxyl groups excluding tert-OH is 3. The number of carbonyl (C=O) groups is 1. The first kappa shape index (κ1) is 22.8. The minimum atomic E-state index is -0.804. The van der Waals surface area contributed by atoms with Gasteiger partial charge in [-0.2, -0.15) is 0 Å². The Morgan fingerprint density at radius 2 is 2.00 bits per heavy atom. The third-order valence-electron chi connectivity index (χ3n) is 4.55. The van der Waals surface area contributed by atoms with Gasteiger partial charge in [-0.3, -0.25) is 4.79 Å². The maximum absolute atomic E-state index is 10.4. The predicted molar refractivity (Wildman–Crippen MR) is 99.8 cm³/mol. The molecule has 0 aromatic rings. The van der Waals surface area contributed by atoms with Crippen LogP contribution in [0, 0.1) is 0 Å². The molecule has 1 fully saturated rings. The second kappa shape index (κ2) is 13.0. The van der Waals surface area contributed by atoms with Crippen molar-refractivity contribution in [1.82, 2.24) is 0 Å². The van der Waals surface area contributed by atoms with E-state index >= 15 is 0 Å². The van der Waals surface area contributed by atoms with Crippen LogP contribution in [-0.2, 0) is 9.53 Å². The standard InChI is InChI=1S/C20H34O6/c1-2-3-6-9-15(21)12-13-18-17(23)14-19(26-18)16(22)10-7-4-5-8-11-20(24)25/h4,7,12-13,15-19,21-23H,2-3,5-6,8-11,14H2,1H3,(H,24,25)/b7-4-,13-12+/t15-,16-,17-,18-,19+/m0/s1. The zero-order valence-electron chi connectivity index (χ0n) is 15.7. The van der Waals surface area contributed by atoms with Crippen molar-refractivity contribution in [3.05, 3.63) is 24.3 Å². The van der Waals surface area contributed by atoms with Crippen molar-refractivity contribution in [2.45, 2.75) is 95.2 Å². The molecule has 0 unspecified atom stereocenters. The van der Waals surface area contributed by atoms with E-state index in [-0.39, 0.29) is 6.42 Å². The number of unbranched alkanes of at least 4 members (excludes halogenated alkanes) is 3. The zero-order valence-corrected chi connectivity index (χ0v) is 15.7. The van der Waals surface area contributed by atoms with Gasteiger partial charge in [-0.15, -0.1) is 0 Å². The van der Waals surface area contributed by atoms with Crippen LogP contribution in [-0.4, -0.2) is 56.9 Å². The Bertz CT molecular complexity index is 448. The van der Waals surface area contributed by atoms with Crippen molar-refractivity contribution >= 4 is 5.97 Å². The van der Waals surface area contributed by atoms with Crippen LogP contribution in [0.1, 0.15) is 64.7 Å². The Morgan fingerprint density at radius 3 is 2.69 bits per heavy atom. The summed E-state index contributed by atoms with van der Waals surface area (Å²) in [5.74, 6) is -0.804. The lowest BCUT2D eigenvalue weighted by molar-refractivity contribution is -0.137. The van der Waals surface area contributed by atoms with E-state index < -0.39 is 36.5 Å². The van der Waals surface area contributed by atoms with Gasteiger partial charge in [0.2, 0.25) is 0 Å². The van der Waals surface area contributed by atoms with Crippen LogP contribution >= 0.6 is 0 Å². The van der Waals surface area contributed by atoms with Crippen molar-refractivity contribution in [3.63, 3.8) is 0 Å². The molecule has 0 radical (unpaired) electrons. The summed E-state index contributed by atoms with van der Waals surface area (Å²) in [5.41, 5.74) is 0. The number of hydrogen-bond acceptors (Lipinski definition) is 5. The molecule has 4 N–H and O–H groups in total. The Kier molecular flexibility index (Phi) is 11.4. The predicted octanol–water partition coefficient (Wildman–Crippen LogP) is 2.56. The van der Waals surface area contributed by atoms with E-state index in [1.54, 1.807) is 12.2 Å². The van der Waals surface area contributed by atoms with E-state index in [4.69, 9.17) is 9.84 Å². The lowest BCUT2D eigenvalue weighted by Crippen LogP contribution is -2.25. The minimum absolute atomic E-state index is 0.142. The van der Waals surface area contributed by atoms with Crippen LogP contribution in [0.25, 0.3) is 0 Å². The number of aliphatic hydroxyl groups is 3. The van der Waals surface area contributed by atoms with Crippen LogP contribution in [0.4, 0.5) is 0 Å². The minimum Gasteiger partial charge on any atom is -0.481 e. The van der Waals surface area contributed by atoms with Gasteiger partial charge < -0.3 is 25.2 Å². The van der Waals surface area contributed by atoms with Crippen LogP contribution in [0.5, 0.6) is 0 Å². The van der Waals surface area contributed by atoms with Crippen molar-refractivity contribution in [1.29, 1.82) is 0 Å². The maximum atomic E-state index is 10.4.